The summed E-state index contributed by atoms with van der Waals surface area (Å²) in [5.41, 5.74) is 0.843. The van der Waals surface area contributed by atoms with Crippen molar-refractivity contribution in [3.05, 3.63) is 36.4 Å². The molecule has 1 aliphatic rings. The van der Waals surface area contributed by atoms with Crippen LogP contribution in [0.3, 0.4) is 0 Å². The highest BCUT2D eigenvalue weighted by Crippen LogP contribution is 2.33. The van der Waals surface area contributed by atoms with Crippen molar-refractivity contribution in [2.75, 3.05) is 11.6 Å². The van der Waals surface area contributed by atoms with E-state index >= 15 is 0 Å². The van der Waals surface area contributed by atoms with Gasteiger partial charge in [-0.3, -0.25) is 9.48 Å². The quantitative estimate of drug-likeness (QED) is 0.717. The first kappa shape index (κ1) is 18.6. The van der Waals surface area contributed by atoms with E-state index in [2.05, 4.69) is 27.4 Å². The Bertz CT molecular complexity index is 1130. The lowest BCUT2D eigenvalue weighted by Gasteiger charge is -2.26. The third kappa shape index (κ3) is 3.51. The third-order valence-corrected chi connectivity index (χ3v) is 6.18. The van der Waals surface area contributed by atoms with Crippen molar-refractivity contribution in [2.24, 2.45) is 5.92 Å². The number of anilines is 1. The van der Waals surface area contributed by atoms with Gasteiger partial charge in [0.2, 0.25) is 0 Å². The molecule has 148 valence electrons. The Labute approximate surface area is 162 Å². The predicted octanol–water partition coefficient (Wildman–Crippen LogP) is 2.33. The third-order valence-electron chi connectivity index (χ3n) is 5.18. The molecular weight excluding hydrogens is 380 g/mol. The normalized spacial score (nSPS) is 20.4. The van der Waals surface area contributed by atoms with E-state index in [-0.39, 0.29) is 22.3 Å². The highest BCUT2D eigenvalue weighted by molar-refractivity contribution is 7.90. The molecule has 0 saturated heterocycles. The number of sulfone groups is 1. The van der Waals surface area contributed by atoms with E-state index in [1.165, 1.54) is 10.7 Å². The van der Waals surface area contributed by atoms with Crippen LogP contribution in [0.1, 0.15) is 49.0 Å². The second kappa shape index (κ2) is 7.01. The second-order valence-corrected chi connectivity index (χ2v) is 9.35. The van der Waals surface area contributed by atoms with Gasteiger partial charge < -0.3 is 5.32 Å². The number of amides is 1. The molecule has 3 heterocycles. The van der Waals surface area contributed by atoms with Crippen LogP contribution in [-0.2, 0) is 9.84 Å². The molecule has 1 aliphatic carbocycles. The molecular formula is C18H22N6O3S. The Balaban J connectivity index is 1.65. The fraction of sp³-hybridized carbons (Fsp3) is 0.444. The van der Waals surface area contributed by atoms with Crippen molar-refractivity contribution in [1.82, 2.24) is 24.4 Å². The van der Waals surface area contributed by atoms with E-state index < -0.39 is 15.7 Å². The Hall–Kier alpha value is -2.75. The molecule has 4 rings (SSSR count). The average Bonchev–Trinajstić information content (AvgIpc) is 3.26. The molecule has 0 aliphatic heterocycles. The van der Waals surface area contributed by atoms with Crippen molar-refractivity contribution < 1.29 is 13.2 Å². The summed E-state index contributed by atoms with van der Waals surface area (Å²) in [6.45, 7) is 2.22. The smallest absolute Gasteiger partial charge is 0.261 e. The van der Waals surface area contributed by atoms with Crippen LogP contribution in [0, 0.1) is 5.92 Å². The minimum absolute atomic E-state index is 0.121. The number of nitrogens with one attached hydrogen (secondary N) is 1. The van der Waals surface area contributed by atoms with E-state index in [1.54, 1.807) is 29.3 Å². The van der Waals surface area contributed by atoms with Gasteiger partial charge in [0.1, 0.15) is 5.56 Å². The first-order valence-corrected chi connectivity index (χ1v) is 11.1. The monoisotopic (exact) mass is 402 g/mol. The van der Waals surface area contributed by atoms with Crippen molar-refractivity contribution >= 4 is 27.1 Å². The summed E-state index contributed by atoms with van der Waals surface area (Å²) < 4.78 is 27.6. The van der Waals surface area contributed by atoms with Crippen LogP contribution in [-0.4, -0.2) is 45.0 Å². The van der Waals surface area contributed by atoms with E-state index in [1.807, 2.05) is 0 Å². The van der Waals surface area contributed by atoms with Gasteiger partial charge in [-0.05, 0) is 37.7 Å². The molecule has 1 amide bonds. The highest BCUT2D eigenvalue weighted by atomic mass is 32.2. The van der Waals surface area contributed by atoms with Crippen molar-refractivity contribution in [3.8, 4) is 0 Å². The fourth-order valence-corrected chi connectivity index (χ4v) is 4.35. The Morgan fingerprint density at radius 2 is 2.00 bits per heavy atom. The van der Waals surface area contributed by atoms with Crippen LogP contribution in [0.4, 0.5) is 5.69 Å². The Morgan fingerprint density at radius 1 is 1.25 bits per heavy atom. The number of fused-ring (bicyclic) bond motifs is 1. The van der Waals surface area contributed by atoms with Crippen LogP contribution in [0.2, 0.25) is 0 Å². The predicted molar refractivity (Wildman–Crippen MR) is 103 cm³/mol. The van der Waals surface area contributed by atoms with E-state index in [4.69, 9.17) is 0 Å². The lowest BCUT2D eigenvalue weighted by molar-refractivity contribution is 0.102. The molecule has 0 radical (unpaired) electrons. The summed E-state index contributed by atoms with van der Waals surface area (Å²) in [7, 11) is -3.60. The number of hydrogen-bond acceptors (Lipinski definition) is 6. The zero-order valence-corrected chi connectivity index (χ0v) is 16.6. The van der Waals surface area contributed by atoms with Crippen molar-refractivity contribution in [1.29, 1.82) is 0 Å². The molecule has 0 unspecified atom stereocenters. The summed E-state index contributed by atoms with van der Waals surface area (Å²) >= 11 is 0. The first-order valence-electron chi connectivity index (χ1n) is 9.22. The van der Waals surface area contributed by atoms with E-state index in [0.717, 1.165) is 31.9 Å². The molecule has 0 atom stereocenters. The van der Waals surface area contributed by atoms with Gasteiger partial charge in [-0.2, -0.15) is 10.2 Å². The maximum atomic E-state index is 12.8. The molecule has 3 aromatic rings. The Kier molecular flexibility index (Phi) is 4.66. The largest absolute Gasteiger partial charge is 0.318 e. The number of aromatic nitrogens is 5. The molecule has 1 N–H and O–H groups in total. The van der Waals surface area contributed by atoms with Gasteiger partial charge in [-0.25, -0.2) is 17.9 Å². The maximum absolute atomic E-state index is 12.8. The van der Waals surface area contributed by atoms with Gasteiger partial charge in [-0.15, -0.1) is 0 Å². The SMILES string of the molecule is CC1CCC(n2cc(NC(=O)c3cnn4cccnc34)c(S(C)(=O)=O)n2)CC1. The summed E-state index contributed by atoms with van der Waals surface area (Å²) in [4.78, 5) is 16.9. The fourth-order valence-electron chi connectivity index (χ4n) is 3.61. The van der Waals surface area contributed by atoms with Gasteiger partial charge >= 0.3 is 0 Å². The summed E-state index contributed by atoms with van der Waals surface area (Å²) in [5, 5.41) is 11.0. The van der Waals surface area contributed by atoms with Crippen molar-refractivity contribution in [2.45, 2.75) is 43.7 Å². The van der Waals surface area contributed by atoms with Crippen LogP contribution in [0.25, 0.3) is 5.65 Å². The molecule has 0 bridgehead atoms. The molecule has 10 heteroatoms. The van der Waals surface area contributed by atoms with Gasteiger partial charge in [-0.1, -0.05) is 6.92 Å². The molecule has 9 nitrogen and oxygen atoms in total. The standard InChI is InChI=1S/C18H22N6O3S/c1-12-4-6-13(7-5-12)24-11-15(18(22-24)28(2,26)27)21-17(25)14-10-20-23-9-3-8-19-16(14)23/h3,8-13H,4-7H2,1-2H3,(H,21,25). The lowest BCUT2D eigenvalue weighted by atomic mass is 9.87. The second-order valence-electron chi connectivity index (χ2n) is 7.41. The molecule has 0 aromatic carbocycles. The molecule has 1 saturated carbocycles. The summed E-state index contributed by atoms with van der Waals surface area (Å²) in [6, 6.07) is 1.85. The molecule has 28 heavy (non-hydrogen) atoms. The first-order chi connectivity index (χ1) is 13.3. The molecule has 0 spiro atoms. The minimum Gasteiger partial charge on any atom is -0.318 e. The van der Waals surface area contributed by atoms with Gasteiger partial charge in [0, 0.05) is 18.6 Å². The minimum atomic E-state index is -3.60. The zero-order chi connectivity index (χ0) is 19.9. The maximum Gasteiger partial charge on any atom is 0.261 e. The highest BCUT2D eigenvalue weighted by Gasteiger charge is 2.26. The van der Waals surface area contributed by atoms with Crippen LogP contribution < -0.4 is 5.32 Å². The van der Waals surface area contributed by atoms with Crippen molar-refractivity contribution in [3.63, 3.8) is 0 Å². The zero-order valence-electron chi connectivity index (χ0n) is 15.7. The van der Waals surface area contributed by atoms with Gasteiger partial charge in [0.05, 0.1) is 24.1 Å². The molecule has 3 aromatic heterocycles. The van der Waals surface area contributed by atoms with Gasteiger partial charge in [0.25, 0.3) is 5.91 Å². The number of carbonyl (C=O) groups is 1. The van der Waals surface area contributed by atoms with Crippen LogP contribution in [0.5, 0.6) is 0 Å². The number of hydrogen-bond donors (Lipinski definition) is 1. The average molecular weight is 402 g/mol. The van der Waals surface area contributed by atoms with Crippen LogP contribution >= 0.6 is 0 Å². The van der Waals surface area contributed by atoms with Gasteiger partial charge in [0.15, 0.2) is 20.5 Å². The Morgan fingerprint density at radius 3 is 2.71 bits per heavy atom. The van der Waals surface area contributed by atoms with Crippen LogP contribution in [0.15, 0.2) is 35.9 Å². The number of nitrogens with zero attached hydrogens (tertiary/aromatic N) is 5. The van der Waals surface area contributed by atoms with E-state index in [9.17, 15) is 13.2 Å². The van der Waals surface area contributed by atoms with E-state index in [0.29, 0.717) is 11.6 Å². The molecule has 1 fully saturated rings. The number of rotatable bonds is 4. The lowest BCUT2D eigenvalue weighted by Crippen LogP contribution is -2.17. The summed E-state index contributed by atoms with van der Waals surface area (Å²) in [6.07, 6.45) is 11.4. The number of carbonyl (C=O) groups excluding carboxylic acids is 1. The summed E-state index contributed by atoms with van der Waals surface area (Å²) in [5.74, 6) is 0.193. The topological polar surface area (TPSA) is 111 Å².